The molecule has 5 heteroatoms. The van der Waals surface area contributed by atoms with Crippen LogP contribution in [-0.2, 0) is 9.59 Å². The van der Waals surface area contributed by atoms with Crippen molar-refractivity contribution in [2.75, 3.05) is 33.7 Å². The van der Waals surface area contributed by atoms with Crippen LogP contribution in [0.2, 0.25) is 0 Å². The normalized spacial score (nSPS) is 10.1. The SMILES string of the molecule is CCCNCCNC(=O)CCCC(=O)N(C)C. The number of hydrogen-bond acceptors (Lipinski definition) is 3. The van der Waals surface area contributed by atoms with Crippen molar-refractivity contribution in [2.45, 2.75) is 32.6 Å². The molecule has 0 atom stereocenters. The minimum atomic E-state index is 0.0230. The predicted octanol–water partition coefficient (Wildman–Crippen LogP) is 0.361. The molecule has 0 aliphatic heterocycles. The van der Waals surface area contributed by atoms with E-state index in [4.69, 9.17) is 0 Å². The van der Waals surface area contributed by atoms with Crippen LogP contribution in [0, 0.1) is 0 Å². The largest absolute Gasteiger partial charge is 0.355 e. The Kier molecular flexibility index (Phi) is 9.43. The highest BCUT2D eigenvalue weighted by Gasteiger charge is 2.05. The smallest absolute Gasteiger partial charge is 0.222 e. The van der Waals surface area contributed by atoms with Gasteiger partial charge >= 0.3 is 0 Å². The molecule has 0 spiro atoms. The number of amides is 2. The summed E-state index contributed by atoms with van der Waals surface area (Å²) >= 11 is 0. The Hall–Kier alpha value is -1.10. The van der Waals surface area contributed by atoms with Gasteiger partial charge in [0.2, 0.25) is 11.8 Å². The van der Waals surface area contributed by atoms with Crippen molar-refractivity contribution in [3.8, 4) is 0 Å². The van der Waals surface area contributed by atoms with Crippen LogP contribution in [0.1, 0.15) is 32.6 Å². The van der Waals surface area contributed by atoms with Crippen LogP contribution in [0.3, 0.4) is 0 Å². The monoisotopic (exact) mass is 243 g/mol. The molecule has 0 radical (unpaired) electrons. The van der Waals surface area contributed by atoms with Crippen molar-refractivity contribution < 1.29 is 9.59 Å². The lowest BCUT2D eigenvalue weighted by molar-refractivity contribution is -0.128. The molecule has 0 heterocycles. The molecule has 0 unspecified atom stereocenters. The van der Waals surface area contributed by atoms with E-state index in [0.717, 1.165) is 19.5 Å². The fourth-order valence-corrected chi connectivity index (χ4v) is 1.30. The van der Waals surface area contributed by atoms with Gasteiger partial charge in [-0.3, -0.25) is 9.59 Å². The van der Waals surface area contributed by atoms with Crippen molar-refractivity contribution in [3.63, 3.8) is 0 Å². The number of nitrogens with zero attached hydrogens (tertiary/aromatic N) is 1. The Balaban J connectivity index is 3.38. The van der Waals surface area contributed by atoms with Crippen LogP contribution in [0.4, 0.5) is 0 Å². The highest BCUT2D eigenvalue weighted by Crippen LogP contribution is 1.97. The van der Waals surface area contributed by atoms with Crippen molar-refractivity contribution in [3.05, 3.63) is 0 Å². The van der Waals surface area contributed by atoms with Gasteiger partial charge in [0, 0.05) is 40.0 Å². The molecule has 17 heavy (non-hydrogen) atoms. The van der Waals surface area contributed by atoms with Crippen LogP contribution in [-0.4, -0.2) is 50.4 Å². The van der Waals surface area contributed by atoms with Crippen LogP contribution in [0.5, 0.6) is 0 Å². The second-order valence-corrected chi connectivity index (χ2v) is 4.24. The maximum absolute atomic E-state index is 11.4. The molecule has 0 aromatic heterocycles. The molecule has 5 nitrogen and oxygen atoms in total. The fourth-order valence-electron chi connectivity index (χ4n) is 1.30. The lowest BCUT2D eigenvalue weighted by Gasteiger charge is -2.09. The van der Waals surface area contributed by atoms with E-state index in [0.29, 0.717) is 25.8 Å². The van der Waals surface area contributed by atoms with Gasteiger partial charge in [-0.05, 0) is 19.4 Å². The van der Waals surface area contributed by atoms with Crippen molar-refractivity contribution in [1.82, 2.24) is 15.5 Å². The summed E-state index contributed by atoms with van der Waals surface area (Å²) in [5.74, 6) is 0.0947. The Bertz CT molecular complexity index is 230. The van der Waals surface area contributed by atoms with Gasteiger partial charge in [-0.1, -0.05) is 6.92 Å². The quantitative estimate of drug-likeness (QED) is 0.575. The third-order valence-electron chi connectivity index (χ3n) is 2.34. The average Bonchev–Trinajstić information content (AvgIpc) is 2.28. The predicted molar refractivity (Wildman–Crippen MR) is 68.7 cm³/mol. The third kappa shape index (κ3) is 9.81. The maximum atomic E-state index is 11.4. The molecule has 2 N–H and O–H groups in total. The number of rotatable bonds is 9. The van der Waals surface area contributed by atoms with Crippen LogP contribution in [0.15, 0.2) is 0 Å². The van der Waals surface area contributed by atoms with Crippen LogP contribution < -0.4 is 10.6 Å². The third-order valence-corrected chi connectivity index (χ3v) is 2.34. The zero-order valence-electron chi connectivity index (χ0n) is 11.2. The number of hydrogen-bond donors (Lipinski definition) is 2. The van der Waals surface area contributed by atoms with Gasteiger partial charge in [0.05, 0.1) is 0 Å². The van der Waals surface area contributed by atoms with E-state index in [1.807, 2.05) is 0 Å². The van der Waals surface area contributed by atoms with Crippen LogP contribution in [0.25, 0.3) is 0 Å². The highest BCUT2D eigenvalue weighted by atomic mass is 16.2. The summed E-state index contributed by atoms with van der Waals surface area (Å²) in [5, 5.41) is 6.02. The minimum absolute atomic E-state index is 0.0230. The molecule has 0 bridgehead atoms. The van der Waals surface area contributed by atoms with Crippen molar-refractivity contribution >= 4 is 11.8 Å². The van der Waals surface area contributed by atoms with Gasteiger partial charge in [-0.25, -0.2) is 0 Å². The van der Waals surface area contributed by atoms with E-state index in [2.05, 4.69) is 17.6 Å². The maximum Gasteiger partial charge on any atom is 0.222 e. The Labute approximate surface area is 104 Å². The van der Waals surface area contributed by atoms with E-state index in [1.165, 1.54) is 0 Å². The van der Waals surface area contributed by atoms with E-state index in [-0.39, 0.29) is 11.8 Å². The average molecular weight is 243 g/mol. The van der Waals surface area contributed by atoms with Gasteiger partial charge in [-0.2, -0.15) is 0 Å². The summed E-state index contributed by atoms with van der Waals surface area (Å²) < 4.78 is 0. The first kappa shape index (κ1) is 15.9. The van der Waals surface area contributed by atoms with Crippen molar-refractivity contribution in [1.29, 1.82) is 0 Å². The van der Waals surface area contributed by atoms with Crippen molar-refractivity contribution in [2.24, 2.45) is 0 Å². The van der Waals surface area contributed by atoms with E-state index in [1.54, 1.807) is 19.0 Å². The topological polar surface area (TPSA) is 61.4 Å². The lowest BCUT2D eigenvalue weighted by atomic mass is 10.2. The standard InChI is InChI=1S/C12H25N3O2/c1-4-8-13-9-10-14-11(16)6-5-7-12(17)15(2)3/h13H,4-10H2,1-3H3,(H,14,16). The second-order valence-electron chi connectivity index (χ2n) is 4.24. The molecule has 0 rings (SSSR count). The molecular weight excluding hydrogens is 218 g/mol. The minimum Gasteiger partial charge on any atom is -0.355 e. The Morgan fingerprint density at radius 2 is 1.76 bits per heavy atom. The van der Waals surface area contributed by atoms with E-state index >= 15 is 0 Å². The van der Waals surface area contributed by atoms with Gasteiger partial charge in [0.1, 0.15) is 0 Å². The van der Waals surface area contributed by atoms with E-state index < -0.39 is 0 Å². The zero-order chi connectivity index (χ0) is 13.1. The molecule has 0 aliphatic carbocycles. The molecule has 0 saturated heterocycles. The molecule has 0 aromatic carbocycles. The first-order valence-electron chi connectivity index (χ1n) is 6.25. The molecule has 0 aromatic rings. The summed E-state index contributed by atoms with van der Waals surface area (Å²) in [7, 11) is 3.45. The summed E-state index contributed by atoms with van der Waals surface area (Å²) in [6, 6.07) is 0. The van der Waals surface area contributed by atoms with Crippen LogP contribution >= 0.6 is 0 Å². The highest BCUT2D eigenvalue weighted by molar-refractivity contribution is 5.78. The first-order chi connectivity index (χ1) is 8.07. The fraction of sp³-hybridized carbons (Fsp3) is 0.833. The lowest BCUT2D eigenvalue weighted by Crippen LogP contribution is -2.32. The summed E-state index contributed by atoms with van der Waals surface area (Å²) in [6.07, 6.45) is 2.58. The molecule has 0 fully saturated rings. The van der Waals surface area contributed by atoms with Gasteiger partial charge in [0.25, 0.3) is 0 Å². The molecular formula is C12H25N3O2. The van der Waals surface area contributed by atoms with Gasteiger partial charge in [-0.15, -0.1) is 0 Å². The Morgan fingerprint density at radius 3 is 2.35 bits per heavy atom. The molecule has 0 saturated carbocycles. The van der Waals surface area contributed by atoms with E-state index in [9.17, 15) is 9.59 Å². The summed E-state index contributed by atoms with van der Waals surface area (Å²) in [5.41, 5.74) is 0. The Morgan fingerprint density at radius 1 is 1.06 bits per heavy atom. The number of nitrogens with one attached hydrogen (secondary N) is 2. The molecule has 2 amide bonds. The molecule has 100 valence electrons. The summed E-state index contributed by atoms with van der Waals surface area (Å²) in [6.45, 7) is 4.54. The zero-order valence-corrected chi connectivity index (χ0v) is 11.2. The summed E-state index contributed by atoms with van der Waals surface area (Å²) in [4.78, 5) is 24.2. The second kappa shape index (κ2) is 10.1. The molecule has 0 aliphatic rings. The first-order valence-corrected chi connectivity index (χ1v) is 6.25. The number of carbonyl (C=O) groups is 2. The van der Waals surface area contributed by atoms with Gasteiger partial charge in [0.15, 0.2) is 0 Å². The van der Waals surface area contributed by atoms with Gasteiger partial charge < -0.3 is 15.5 Å². The number of carbonyl (C=O) groups excluding carboxylic acids is 2.